The van der Waals surface area contributed by atoms with Crippen LogP contribution in [0.3, 0.4) is 0 Å². The summed E-state index contributed by atoms with van der Waals surface area (Å²) in [4.78, 5) is 55.4. The molecule has 1 N–H and O–H groups in total. The summed E-state index contributed by atoms with van der Waals surface area (Å²) < 4.78 is 11.1. The molecule has 242 valence electrons. The third-order valence-corrected chi connectivity index (χ3v) is 8.82. The Balaban J connectivity index is 1.29. The first-order chi connectivity index (χ1) is 20.9. The highest BCUT2D eigenvalue weighted by Crippen LogP contribution is 2.49. The van der Waals surface area contributed by atoms with Crippen LogP contribution >= 0.6 is 0 Å². The Morgan fingerprint density at radius 2 is 1.29 bits per heavy atom. The van der Waals surface area contributed by atoms with Gasteiger partial charge in [-0.1, -0.05) is 38.1 Å². The van der Waals surface area contributed by atoms with E-state index in [1.165, 1.54) is 4.90 Å². The van der Waals surface area contributed by atoms with Crippen LogP contribution in [-0.4, -0.2) is 70.1 Å². The predicted molar refractivity (Wildman–Crippen MR) is 173 cm³/mol. The molecule has 2 aliphatic heterocycles. The zero-order valence-corrected chi connectivity index (χ0v) is 27.9. The molecular weight excluding hydrogens is 570 g/mol. The lowest BCUT2D eigenvalue weighted by Gasteiger charge is -2.28. The van der Waals surface area contributed by atoms with E-state index in [-0.39, 0.29) is 23.5 Å². The van der Waals surface area contributed by atoms with Crippen LogP contribution in [0.5, 0.6) is 0 Å². The summed E-state index contributed by atoms with van der Waals surface area (Å²) in [6.07, 6.45) is 2.09. The topological polar surface area (TPSA) is 105 Å². The van der Waals surface area contributed by atoms with Gasteiger partial charge in [0, 0.05) is 30.6 Å². The molecule has 0 radical (unpaired) electrons. The summed E-state index contributed by atoms with van der Waals surface area (Å²) in [5.74, 6) is -0.205. The minimum Gasteiger partial charge on any atom is -0.444 e. The number of amides is 3. The summed E-state index contributed by atoms with van der Waals surface area (Å²) in [5, 5.41) is 3.05. The lowest BCUT2D eigenvalue weighted by Crippen LogP contribution is -2.45. The highest BCUT2D eigenvalue weighted by molar-refractivity contribution is 5.98. The molecule has 0 bridgehead atoms. The smallest absolute Gasteiger partial charge is 0.410 e. The highest BCUT2D eigenvalue weighted by Gasteiger charge is 2.40. The van der Waals surface area contributed by atoms with E-state index in [4.69, 9.17) is 9.47 Å². The van der Waals surface area contributed by atoms with Gasteiger partial charge in [-0.2, -0.15) is 0 Å². The van der Waals surface area contributed by atoms with Crippen molar-refractivity contribution in [2.24, 2.45) is 0 Å². The number of anilines is 1. The average molecular weight is 618 g/mol. The number of hydrogen-bond acceptors (Lipinski definition) is 6. The quantitative estimate of drug-likeness (QED) is 0.394. The van der Waals surface area contributed by atoms with Gasteiger partial charge in [0.15, 0.2) is 5.78 Å². The van der Waals surface area contributed by atoms with E-state index in [0.717, 1.165) is 40.7 Å². The molecule has 3 aliphatic rings. The number of carbonyl (C=O) groups excluding carboxylic acids is 4. The number of ether oxygens (including phenoxy) is 2. The van der Waals surface area contributed by atoms with E-state index in [1.54, 1.807) is 4.90 Å². The number of ketones is 1. The number of fused-ring (bicyclic) bond motifs is 3. The Labute approximate surface area is 266 Å². The van der Waals surface area contributed by atoms with E-state index < -0.39 is 35.5 Å². The Bertz CT molecular complexity index is 1400. The standard InChI is InChI=1S/C36H47N3O6/c1-34(2,3)44-32(42)38-17-9-11-28(38)30(40)20-22-13-15-24-25-16-14-23(21-27(25)36(7,8)26(24)19-22)37-31(41)29-12-10-18-39(29)33(43)45-35(4,5)6/h13-16,19,21,28-29H,9-12,17-18,20H2,1-8H3,(H,37,41)/t28-,29-/m0/s1. The maximum Gasteiger partial charge on any atom is 0.410 e. The van der Waals surface area contributed by atoms with Gasteiger partial charge in [-0.05, 0) is 107 Å². The summed E-state index contributed by atoms with van der Waals surface area (Å²) >= 11 is 0. The third kappa shape index (κ3) is 6.87. The second kappa shape index (κ2) is 11.8. The Morgan fingerprint density at radius 1 is 0.778 bits per heavy atom. The first kappa shape index (κ1) is 32.5. The van der Waals surface area contributed by atoms with E-state index >= 15 is 0 Å². The van der Waals surface area contributed by atoms with Crippen LogP contribution in [0.15, 0.2) is 36.4 Å². The normalized spacial score (nSPS) is 20.4. The number of nitrogens with zero attached hydrogens (tertiary/aromatic N) is 2. The molecule has 3 amide bonds. The van der Waals surface area contributed by atoms with Crippen molar-refractivity contribution in [1.82, 2.24) is 9.80 Å². The van der Waals surface area contributed by atoms with Gasteiger partial charge in [-0.3, -0.25) is 19.4 Å². The van der Waals surface area contributed by atoms with Crippen molar-refractivity contribution >= 4 is 29.6 Å². The molecule has 9 heteroatoms. The van der Waals surface area contributed by atoms with Gasteiger partial charge in [0.25, 0.3) is 0 Å². The zero-order chi connectivity index (χ0) is 32.9. The van der Waals surface area contributed by atoms with Gasteiger partial charge in [0.1, 0.15) is 17.2 Å². The monoisotopic (exact) mass is 617 g/mol. The van der Waals surface area contributed by atoms with Crippen LogP contribution in [-0.2, 0) is 30.9 Å². The molecule has 0 spiro atoms. The average Bonchev–Trinajstić information content (AvgIpc) is 3.65. The summed E-state index contributed by atoms with van der Waals surface area (Å²) in [5.41, 5.74) is 4.37. The molecule has 0 unspecified atom stereocenters. The molecule has 5 rings (SSSR count). The number of Topliss-reactive ketones (excluding diaryl/α,β-unsaturated/α-hetero) is 1. The summed E-state index contributed by atoms with van der Waals surface area (Å²) in [6, 6.07) is 11.1. The van der Waals surface area contributed by atoms with Crippen LogP contribution in [0.1, 0.15) is 97.8 Å². The van der Waals surface area contributed by atoms with Crippen LogP contribution in [0.2, 0.25) is 0 Å². The molecule has 2 saturated heterocycles. The minimum atomic E-state index is -0.634. The maximum absolute atomic E-state index is 13.4. The van der Waals surface area contributed by atoms with E-state index in [1.807, 2.05) is 65.8 Å². The molecule has 0 aromatic heterocycles. The lowest BCUT2D eigenvalue weighted by atomic mass is 9.81. The molecule has 0 saturated carbocycles. The SMILES string of the molecule is CC(C)(C)OC(=O)N1CCC[C@H]1C(=O)Cc1ccc2c(c1)C(C)(C)c1cc(NC(=O)[C@@H]3CCCN3C(=O)OC(C)(C)C)ccc1-2. The van der Waals surface area contributed by atoms with Crippen LogP contribution in [0.25, 0.3) is 11.1 Å². The molecule has 45 heavy (non-hydrogen) atoms. The van der Waals surface area contributed by atoms with Gasteiger partial charge in [0.05, 0.1) is 6.04 Å². The van der Waals surface area contributed by atoms with Gasteiger partial charge in [-0.25, -0.2) is 9.59 Å². The van der Waals surface area contributed by atoms with Crippen molar-refractivity contribution in [1.29, 1.82) is 0 Å². The van der Waals surface area contributed by atoms with E-state index in [2.05, 4.69) is 31.3 Å². The summed E-state index contributed by atoms with van der Waals surface area (Å²) in [6.45, 7) is 16.2. The van der Waals surface area contributed by atoms with Gasteiger partial charge in [0.2, 0.25) is 5.91 Å². The molecule has 1 aliphatic carbocycles. The molecule has 9 nitrogen and oxygen atoms in total. The second-order valence-corrected chi connectivity index (χ2v) is 15.1. The van der Waals surface area contributed by atoms with Gasteiger partial charge >= 0.3 is 12.2 Å². The zero-order valence-electron chi connectivity index (χ0n) is 27.9. The second-order valence-electron chi connectivity index (χ2n) is 15.1. The molecule has 2 fully saturated rings. The van der Waals surface area contributed by atoms with Crippen molar-refractivity contribution in [3.05, 3.63) is 53.1 Å². The van der Waals surface area contributed by atoms with E-state index in [0.29, 0.717) is 31.6 Å². The number of benzene rings is 2. The number of rotatable bonds is 5. The Morgan fingerprint density at radius 3 is 1.87 bits per heavy atom. The molecular formula is C36H47N3O6. The number of nitrogens with one attached hydrogen (secondary N) is 1. The van der Waals surface area contributed by atoms with Crippen LogP contribution in [0, 0.1) is 0 Å². The minimum absolute atomic E-state index is 0.0176. The van der Waals surface area contributed by atoms with Gasteiger partial charge < -0.3 is 14.8 Å². The molecule has 2 atom stereocenters. The number of hydrogen-bond donors (Lipinski definition) is 1. The predicted octanol–water partition coefficient (Wildman–Crippen LogP) is 6.84. The fourth-order valence-electron chi connectivity index (χ4n) is 6.74. The number of carbonyl (C=O) groups is 4. The number of likely N-dealkylation sites (tertiary alicyclic amines) is 2. The lowest BCUT2D eigenvalue weighted by molar-refractivity contribution is -0.122. The fraction of sp³-hybridized carbons (Fsp3) is 0.556. The molecule has 2 heterocycles. The van der Waals surface area contributed by atoms with Gasteiger partial charge in [-0.15, -0.1) is 0 Å². The maximum atomic E-state index is 13.4. The third-order valence-electron chi connectivity index (χ3n) is 8.82. The molecule has 2 aromatic rings. The van der Waals surface area contributed by atoms with Crippen LogP contribution in [0.4, 0.5) is 15.3 Å². The fourth-order valence-corrected chi connectivity index (χ4v) is 6.74. The van der Waals surface area contributed by atoms with Crippen molar-refractivity contribution in [2.45, 2.75) is 116 Å². The first-order valence-corrected chi connectivity index (χ1v) is 16.1. The summed E-state index contributed by atoms with van der Waals surface area (Å²) in [7, 11) is 0. The highest BCUT2D eigenvalue weighted by atomic mass is 16.6. The van der Waals surface area contributed by atoms with E-state index in [9.17, 15) is 19.2 Å². The van der Waals surface area contributed by atoms with Crippen molar-refractivity contribution in [3.8, 4) is 11.1 Å². The largest absolute Gasteiger partial charge is 0.444 e. The first-order valence-electron chi connectivity index (χ1n) is 16.1. The Hall–Kier alpha value is -3.88. The van der Waals surface area contributed by atoms with Crippen molar-refractivity contribution in [3.63, 3.8) is 0 Å². The Kier molecular flexibility index (Phi) is 8.53. The van der Waals surface area contributed by atoms with Crippen molar-refractivity contribution in [2.75, 3.05) is 18.4 Å². The van der Waals surface area contributed by atoms with Crippen LogP contribution < -0.4 is 5.32 Å². The molecule has 2 aromatic carbocycles. The van der Waals surface area contributed by atoms with Crippen molar-refractivity contribution < 1.29 is 28.7 Å².